The van der Waals surface area contributed by atoms with Crippen LogP contribution in [-0.4, -0.2) is 10.9 Å². The molecule has 0 saturated carbocycles. The molecule has 0 radical (unpaired) electrons. The molecule has 2 aromatic rings. The van der Waals surface area contributed by atoms with E-state index < -0.39 is 0 Å². The van der Waals surface area contributed by atoms with Gasteiger partial charge < -0.3 is 16.5 Å². The number of anilines is 1. The Labute approximate surface area is 99.0 Å². The lowest BCUT2D eigenvalue weighted by atomic mass is 9.86. The first-order valence-corrected chi connectivity index (χ1v) is 5.86. The number of aromatic nitrogens is 1. The molecule has 17 heavy (non-hydrogen) atoms. The maximum atomic E-state index is 11.4. The first kappa shape index (κ1) is 10.2. The Morgan fingerprint density at radius 3 is 3.00 bits per heavy atom. The number of rotatable bonds is 1. The molecule has 3 rings (SSSR count). The zero-order valence-corrected chi connectivity index (χ0v) is 9.49. The number of aryl methyl sites for hydroxylation is 1. The predicted molar refractivity (Wildman–Crippen MR) is 67.6 cm³/mol. The number of aromatic amines is 1. The number of fused-ring (bicyclic) bond motifs is 3. The number of nitrogens with one attached hydrogen (secondary N) is 1. The summed E-state index contributed by atoms with van der Waals surface area (Å²) in [5, 5.41) is 1.13. The fourth-order valence-corrected chi connectivity index (χ4v) is 2.76. The van der Waals surface area contributed by atoms with Crippen LogP contribution in [0.5, 0.6) is 0 Å². The van der Waals surface area contributed by atoms with E-state index in [2.05, 4.69) is 4.98 Å². The van der Waals surface area contributed by atoms with Gasteiger partial charge in [0, 0.05) is 22.3 Å². The zero-order valence-electron chi connectivity index (χ0n) is 9.49. The number of hydrogen-bond acceptors (Lipinski definition) is 2. The number of primary amides is 1. The topological polar surface area (TPSA) is 84.9 Å². The highest BCUT2D eigenvalue weighted by Crippen LogP contribution is 2.36. The molecule has 0 bridgehead atoms. The number of amides is 1. The average Bonchev–Trinajstić information content (AvgIpc) is 2.66. The molecule has 5 N–H and O–H groups in total. The van der Waals surface area contributed by atoms with Gasteiger partial charge in [0.05, 0.1) is 5.92 Å². The van der Waals surface area contributed by atoms with Crippen molar-refractivity contribution in [2.45, 2.75) is 25.2 Å². The highest BCUT2D eigenvalue weighted by atomic mass is 16.1. The summed E-state index contributed by atoms with van der Waals surface area (Å²) in [4.78, 5) is 14.8. The molecule has 1 unspecified atom stereocenters. The van der Waals surface area contributed by atoms with E-state index >= 15 is 0 Å². The molecule has 0 aliphatic heterocycles. The summed E-state index contributed by atoms with van der Waals surface area (Å²) in [7, 11) is 0. The highest BCUT2D eigenvalue weighted by molar-refractivity contribution is 5.91. The second-order valence-corrected chi connectivity index (χ2v) is 4.67. The predicted octanol–water partition coefficient (Wildman–Crippen LogP) is 1.66. The fraction of sp³-hybridized carbons (Fsp3) is 0.308. The minimum Gasteiger partial charge on any atom is -0.399 e. The van der Waals surface area contributed by atoms with Crippen molar-refractivity contribution >= 4 is 22.5 Å². The van der Waals surface area contributed by atoms with Crippen molar-refractivity contribution in [1.29, 1.82) is 0 Å². The minimum atomic E-state index is -0.245. The van der Waals surface area contributed by atoms with E-state index in [1.165, 1.54) is 5.56 Å². The van der Waals surface area contributed by atoms with Gasteiger partial charge in [-0.3, -0.25) is 4.79 Å². The molecule has 1 atom stereocenters. The van der Waals surface area contributed by atoms with Gasteiger partial charge in [-0.15, -0.1) is 0 Å². The van der Waals surface area contributed by atoms with Crippen molar-refractivity contribution in [2.24, 2.45) is 5.73 Å². The van der Waals surface area contributed by atoms with E-state index in [9.17, 15) is 4.79 Å². The summed E-state index contributed by atoms with van der Waals surface area (Å²) in [6, 6.07) is 5.79. The van der Waals surface area contributed by atoms with E-state index in [-0.39, 0.29) is 11.8 Å². The molecule has 4 nitrogen and oxygen atoms in total. The molecular weight excluding hydrogens is 214 g/mol. The van der Waals surface area contributed by atoms with Gasteiger partial charge in [-0.1, -0.05) is 0 Å². The summed E-state index contributed by atoms with van der Waals surface area (Å²) in [6.07, 6.45) is 2.83. The van der Waals surface area contributed by atoms with Gasteiger partial charge in [-0.05, 0) is 43.0 Å². The second kappa shape index (κ2) is 3.52. The van der Waals surface area contributed by atoms with Crippen molar-refractivity contribution in [1.82, 2.24) is 4.98 Å². The van der Waals surface area contributed by atoms with Gasteiger partial charge in [0.2, 0.25) is 5.91 Å². The summed E-state index contributed by atoms with van der Waals surface area (Å²) in [6.45, 7) is 0. The first-order valence-electron chi connectivity index (χ1n) is 5.86. The molecule has 0 saturated heterocycles. The Kier molecular flexibility index (Phi) is 2.11. The summed E-state index contributed by atoms with van der Waals surface area (Å²) >= 11 is 0. The quantitative estimate of drug-likeness (QED) is 0.649. The maximum Gasteiger partial charge on any atom is 0.226 e. The van der Waals surface area contributed by atoms with Crippen LogP contribution in [0.3, 0.4) is 0 Å². The van der Waals surface area contributed by atoms with Gasteiger partial charge in [-0.2, -0.15) is 0 Å². The third-order valence-electron chi connectivity index (χ3n) is 3.57. The largest absolute Gasteiger partial charge is 0.399 e. The van der Waals surface area contributed by atoms with Crippen molar-refractivity contribution in [3.63, 3.8) is 0 Å². The van der Waals surface area contributed by atoms with Crippen LogP contribution in [0.1, 0.15) is 30.0 Å². The molecule has 1 aliphatic rings. The van der Waals surface area contributed by atoms with Crippen LogP contribution in [0.2, 0.25) is 0 Å². The Morgan fingerprint density at radius 2 is 2.24 bits per heavy atom. The molecule has 88 valence electrons. The van der Waals surface area contributed by atoms with Crippen molar-refractivity contribution < 1.29 is 4.79 Å². The standard InChI is InChI=1S/C13H15N3O/c14-7-4-5-11-10(6-7)8-2-1-3-9(13(15)17)12(8)16-11/h4-6,9,16H,1-3,14H2,(H2,15,17). The lowest BCUT2D eigenvalue weighted by Crippen LogP contribution is -2.24. The molecule has 1 heterocycles. The summed E-state index contributed by atoms with van der Waals surface area (Å²) in [5.74, 6) is -0.419. The maximum absolute atomic E-state index is 11.4. The number of hydrogen-bond donors (Lipinski definition) is 3. The summed E-state index contributed by atoms with van der Waals surface area (Å²) < 4.78 is 0. The first-order chi connectivity index (χ1) is 8.16. The highest BCUT2D eigenvalue weighted by Gasteiger charge is 2.27. The number of nitrogens with two attached hydrogens (primary N) is 2. The van der Waals surface area contributed by atoms with E-state index in [0.29, 0.717) is 0 Å². The Bertz CT molecular complexity index is 600. The van der Waals surface area contributed by atoms with Crippen LogP contribution in [-0.2, 0) is 11.2 Å². The van der Waals surface area contributed by atoms with E-state index in [1.807, 2.05) is 18.2 Å². The molecule has 4 heteroatoms. The molecule has 0 spiro atoms. The lowest BCUT2D eigenvalue weighted by Gasteiger charge is -2.19. The number of carbonyl (C=O) groups is 1. The van der Waals surface area contributed by atoms with Crippen LogP contribution in [0.25, 0.3) is 10.9 Å². The number of H-pyrrole nitrogens is 1. The molecular formula is C13H15N3O. The van der Waals surface area contributed by atoms with Gasteiger partial charge in [0.15, 0.2) is 0 Å². The number of nitrogen functional groups attached to an aromatic ring is 1. The third-order valence-corrected chi connectivity index (χ3v) is 3.57. The smallest absolute Gasteiger partial charge is 0.226 e. The molecule has 1 aliphatic carbocycles. The van der Waals surface area contributed by atoms with E-state index in [1.54, 1.807) is 0 Å². The van der Waals surface area contributed by atoms with Crippen molar-refractivity contribution in [3.8, 4) is 0 Å². The number of benzene rings is 1. The van der Waals surface area contributed by atoms with Gasteiger partial charge >= 0.3 is 0 Å². The monoisotopic (exact) mass is 229 g/mol. The molecule has 0 fully saturated rings. The van der Waals surface area contributed by atoms with Crippen LogP contribution < -0.4 is 11.5 Å². The molecule has 1 amide bonds. The Balaban J connectivity index is 2.25. The normalized spacial score (nSPS) is 19.2. The van der Waals surface area contributed by atoms with Crippen LogP contribution in [0.15, 0.2) is 18.2 Å². The fourth-order valence-electron chi connectivity index (χ4n) is 2.76. The SMILES string of the molecule is NC(=O)C1CCCc2c1[nH]c1ccc(N)cc21. The lowest BCUT2D eigenvalue weighted by molar-refractivity contribution is -0.119. The molecule has 1 aromatic carbocycles. The van der Waals surface area contributed by atoms with Gasteiger partial charge in [-0.25, -0.2) is 0 Å². The third kappa shape index (κ3) is 1.48. The van der Waals surface area contributed by atoms with Crippen LogP contribution >= 0.6 is 0 Å². The van der Waals surface area contributed by atoms with Crippen molar-refractivity contribution in [3.05, 3.63) is 29.5 Å². The minimum absolute atomic E-state index is 0.174. The van der Waals surface area contributed by atoms with E-state index in [0.717, 1.165) is 41.5 Å². The van der Waals surface area contributed by atoms with Gasteiger partial charge in [0.25, 0.3) is 0 Å². The van der Waals surface area contributed by atoms with Gasteiger partial charge in [0.1, 0.15) is 0 Å². The zero-order chi connectivity index (χ0) is 12.0. The Morgan fingerprint density at radius 1 is 1.41 bits per heavy atom. The van der Waals surface area contributed by atoms with E-state index in [4.69, 9.17) is 11.5 Å². The second-order valence-electron chi connectivity index (χ2n) is 4.67. The Hall–Kier alpha value is -1.97. The summed E-state index contributed by atoms with van der Waals surface area (Å²) in [5.41, 5.74) is 15.2. The molecule has 1 aromatic heterocycles. The van der Waals surface area contributed by atoms with Crippen LogP contribution in [0.4, 0.5) is 5.69 Å². The van der Waals surface area contributed by atoms with Crippen molar-refractivity contribution in [2.75, 3.05) is 5.73 Å². The average molecular weight is 229 g/mol. The van der Waals surface area contributed by atoms with Crippen LogP contribution in [0, 0.1) is 0 Å². The number of carbonyl (C=O) groups excluding carboxylic acids is 1.